The van der Waals surface area contributed by atoms with Crippen molar-refractivity contribution < 1.29 is 31.8 Å². The predicted octanol–water partition coefficient (Wildman–Crippen LogP) is 2.83. The standard InChI is InChI=1S/C24H24N6O7S/c1-34-19-14-17(15-20(35-2)21(19)36-3)23-28-29-24(37-23)27-22(31)16-6-8-18(9-7-16)38(32,33)30(12-4-10-25)13-5-11-26/h6-9,14-15H,4-5,12-13H2,1-3H3,(H,27,29,31). The van der Waals surface area contributed by atoms with Gasteiger partial charge in [0.2, 0.25) is 21.7 Å². The van der Waals surface area contributed by atoms with Gasteiger partial charge in [0.15, 0.2) is 11.5 Å². The number of benzene rings is 2. The quantitative estimate of drug-likeness (QED) is 0.357. The minimum absolute atomic E-state index is 0.0204. The zero-order valence-corrected chi connectivity index (χ0v) is 21.6. The largest absolute Gasteiger partial charge is 0.493 e. The van der Waals surface area contributed by atoms with Gasteiger partial charge < -0.3 is 18.6 Å². The van der Waals surface area contributed by atoms with Gasteiger partial charge in [-0.25, -0.2) is 8.42 Å². The molecule has 14 heteroatoms. The van der Waals surface area contributed by atoms with E-state index in [-0.39, 0.29) is 48.3 Å². The lowest BCUT2D eigenvalue weighted by Crippen LogP contribution is -2.32. The van der Waals surface area contributed by atoms with Gasteiger partial charge in [-0.3, -0.25) is 10.1 Å². The summed E-state index contributed by atoms with van der Waals surface area (Å²) < 4.78 is 48.4. The third-order valence-electron chi connectivity index (χ3n) is 5.26. The van der Waals surface area contributed by atoms with E-state index in [9.17, 15) is 13.2 Å². The highest BCUT2D eigenvalue weighted by Crippen LogP contribution is 2.41. The number of nitrogens with zero attached hydrogens (tertiary/aromatic N) is 5. The van der Waals surface area contributed by atoms with Crippen LogP contribution in [-0.4, -0.2) is 63.2 Å². The number of carbonyl (C=O) groups excluding carboxylic acids is 1. The van der Waals surface area contributed by atoms with Crippen LogP contribution in [0.3, 0.4) is 0 Å². The molecule has 0 spiro atoms. The van der Waals surface area contributed by atoms with Crippen LogP contribution in [0.15, 0.2) is 45.7 Å². The fourth-order valence-corrected chi connectivity index (χ4v) is 4.83. The molecule has 0 aliphatic carbocycles. The van der Waals surface area contributed by atoms with E-state index in [4.69, 9.17) is 29.2 Å². The van der Waals surface area contributed by atoms with E-state index in [0.29, 0.717) is 22.8 Å². The van der Waals surface area contributed by atoms with E-state index in [0.717, 1.165) is 4.31 Å². The van der Waals surface area contributed by atoms with E-state index in [2.05, 4.69) is 15.5 Å². The Balaban J connectivity index is 1.77. The van der Waals surface area contributed by atoms with Gasteiger partial charge in [0.1, 0.15) is 0 Å². The molecule has 1 amide bonds. The molecule has 0 radical (unpaired) electrons. The second kappa shape index (κ2) is 12.5. The zero-order chi connectivity index (χ0) is 27.7. The van der Waals surface area contributed by atoms with E-state index < -0.39 is 15.9 Å². The Kier molecular flexibility index (Phi) is 9.21. The number of methoxy groups -OCH3 is 3. The molecular weight excluding hydrogens is 516 g/mol. The molecule has 198 valence electrons. The Morgan fingerprint density at radius 3 is 2.05 bits per heavy atom. The van der Waals surface area contributed by atoms with Crippen LogP contribution in [0.1, 0.15) is 23.2 Å². The van der Waals surface area contributed by atoms with E-state index in [1.807, 2.05) is 12.1 Å². The molecule has 1 heterocycles. The van der Waals surface area contributed by atoms with Crippen molar-refractivity contribution in [2.24, 2.45) is 0 Å². The number of nitriles is 2. The third-order valence-corrected chi connectivity index (χ3v) is 7.17. The highest BCUT2D eigenvalue weighted by molar-refractivity contribution is 7.89. The Hall–Kier alpha value is -4.66. The smallest absolute Gasteiger partial charge is 0.322 e. The average Bonchev–Trinajstić information content (AvgIpc) is 3.40. The van der Waals surface area contributed by atoms with Gasteiger partial charge in [0.25, 0.3) is 5.91 Å². The molecule has 3 aromatic rings. The Morgan fingerprint density at radius 2 is 1.55 bits per heavy atom. The van der Waals surface area contributed by atoms with Crippen LogP contribution in [0.5, 0.6) is 17.2 Å². The second-order valence-electron chi connectivity index (χ2n) is 7.53. The molecule has 0 saturated heterocycles. The Bertz CT molecular complexity index is 1430. The monoisotopic (exact) mass is 540 g/mol. The van der Waals surface area contributed by atoms with Crippen molar-refractivity contribution in [1.82, 2.24) is 14.5 Å². The zero-order valence-electron chi connectivity index (χ0n) is 20.8. The van der Waals surface area contributed by atoms with E-state index in [1.165, 1.54) is 45.6 Å². The van der Waals surface area contributed by atoms with Crippen molar-refractivity contribution in [3.63, 3.8) is 0 Å². The number of anilines is 1. The first-order valence-corrected chi connectivity index (χ1v) is 12.5. The average molecular weight is 541 g/mol. The summed E-state index contributed by atoms with van der Waals surface area (Å²) in [6.45, 7) is -0.0949. The van der Waals surface area contributed by atoms with Crippen molar-refractivity contribution in [3.05, 3.63) is 42.0 Å². The molecule has 0 aliphatic heterocycles. The highest BCUT2D eigenvalue weighted by atomic mass is 32.2. The molecule has 1 N–H and O–H groups in total. The number of carbonyl (C=O) groups is 1. The summed E-state index contributed by atoms with van der Waals surface area (Å²) in [6, 6.07) is 12.0. The molecule has 1 aromatic heterocycles. The molecule has 0 unspecified atom stereocenters. The van der Waals surface area contributed by atoms with Crippen molar-refractivity contribution in [2.45, 2.75) is 17.7 Å². The topological polar surface area (TPSA) is 181 Å². The van der Waals surface area contributed by atoms with Crippen molar-refractivity contribution in [2.75, 3.05) is 39.7 Å². The first-order valence-electron chi connectivity index (χ1n) is 11.1. The molecule has 0 aliphatic rings. The van der Waals surface area contributed by atoms with Crippen LogP contribution in [-0.2, 0) is 10.0 Å². The highest BCUT2D eigenvalue weighted by Gasteiger charge is 2.24. The third kappa shape index (κ3) is 6.18. The molecule has 0 bridgehead atoms. The summed E-state index contributed by atoms with van der Waals surface area (Å²) in [4.78, 5) is 12.6. The SMILES string of the molecule is COc1cc(-c2nnc(NC(=O)c3ccc(S(=O)(=O)N(CCC#N)CCC#N)cc3)o2)cc(OC)c1OC. The number of aromatic nitrogens is 2. The number of nitrogens with one attached hydrogen (secondary N) is 1. The lowest BCUT2D eigenvalue weighted by atomic mass is 10.2. The van der Waals surface area contributed by atoms with Crippen LogP contribution in [0.2, 0.25) is 0 Å². The van der Waals surface area contributed by atoms with Gasteiger partial charge in [-0.1, -0.05) is 5.10 Å². The van der Waals surface area contributed by atoms with Crippen LogP contribution in [0.25, 0.3) is 11.5 Å². The summed E-state index contributed by atoms with van der Waals surface area (Å²) in [6.07, 6.45) is -0.0409. The molecule has 0 fully saturated rings. The fraction of sp³-hybridized carbons (Fsp3) is 0.292. The predicted molar refractivity (Wildman–Crippen MR) is 133 cm³/mol. The molecule has 2 aromatic carbocycles. The Labute approximate surface area is 219 Å². The number of hydrogen-bond acceptors (Lipinski definition) is 11. The second-order valence-corrected chi connectivity index (χ2v) is 9.46. The van der Waals surface area contributed by atoms with E-state index >= 15 is 0 Å². The molecule has 0 saturated carbocycles. The first-order chi connectivity index (χ1) is 18.3. The van der Waals surface area contributed by atoms with Gasteiger partial charge in [-0.2, -0.15) is 14.8 Å². The van der Waals surface area contributed by atoms with Crippen molar-refractivity contribution >= 4 is 21.9 Å². The number of hydrogen-bond donors (Lipinski definition) is 1. The normalized spacial score (nSPS) is 10.9. The summed E-state index contributed by atoms with van der Waals surface area (Å²) in [5.74, 6) is 0.602. The maximum Gasteiger partial charge on any atom is 0.322 e. The van der Waals surface area contributed by atoms with Crippen molar-refractivity contribution in [3.8, 4) is 40.8 Å². The van der Waals surface area contributed by atoms with Crippen LogP contribution < -0.4 is 19.5 Å². The molecule has 3 rings (SSSR count). The molecule has 13 nitrogen and oxygen atoms in total. The van der Waals surface area contributed by atoms with Crippen LogP contribution >= 0.6 is 0 Å². The van der Waals surface area contributed by atoms with Gasteiger partial charge in [-0.15, -0.1) is 5.10 Å². The maximum atomic E-state index is 12.9. The van der Waals surface area contributed by atoms with Crippen LogP contribution in [0.4, 0.5) is 6.01 Å². The number of rotatable bonds is 12. The molecular formula is C24H24N6O7S. The number of sulfonamides is 1. The molecule has 0 atom stereocenters. The van der Waals surface area contributed by atoms with Gasteiger partial charge >= 0.3 is 6.01 Å². The van der Waals surface area contributed by atoms with Gasteiger partial charge in [0, 0.05) is 37.1 Å². The van der Waals surface area contributed by atoms with Gasteiger partial charge in [0.05, 0.1) is 38.4 Å². The fourth-order valence-electron chi connectivity index (χ4n) is 3.39. The minimum Gasteiger partial charge on any atom is -0.493 e. The van der Waals surface area contributed by atoms with Crippen molar-refractivity contribution in [1.29, 1.82) is 10.5 Å². The number of ether oxygens (including phenoxy) is 3. The minimum atomic E-state index is -3.96. The summed E-state index contributed by atoms with van der Waals surface area (Å²) in [5.41, 5.74) is 0.594. The first kappa shape index (κ1) is 27.9. The summed E-state index contributed by atoms with van der Waals surface area (Å²) in [5, 5.41) is 27.9. The lowest BCUT2D eigenvalue weighted by Gasteiger charge is -2.20. The lowest BCUT2D eigenvalue weighted by molar-refractivity contribution is 0.102. The summed E-state index contributed by atoms with van der Waals surface area (Å²) >= 11 is 0. The van der Waals surface area contributed by atoms with Crippen LogP contribution in [0, 0.1) is 22.7 Å². The van der Waals surface area contributed by atoms with Gasteiger partial charge in [-0.05, 0) is 36.4 Å². The Morgan fingerprint density at radius 1 is 0.974 bits per heavy atom. The summed E-state index contributed by atoms with van der Waals surface area (Å²) in [7, 11) is 0.443. The maximum absolute atomic E-state index is 12.9. The number of amides is 1. The molecule has 38 heavy (non-hydrogen) atoms. The van der Waals surface area contributed by atoms with E-state index in [1.54, 1.807) is 12.1 Å².